The zero-order chi connectivity index (χ0) is 14.4. The second-order valence-corrected chi connectivity index (χ2v) is 5.49. The first-order valence-electron chi connectivity index (χ1n) is 7.33. The van der Waals surface area contributed by atoms with Crippen molar-refractivity contribution < 1.29 is 9.53 Å². The van der Waals surface area contributed by atoms with Gasteiger partial charge >= 0.3 is 0 Å². The van der Waals surface area contributed by atoms with Crippen LogP contribution < -0.4 is 15.4 Å². The van der Waals surface area contributed by atoms with Gasteiger partial charge in [0.1, 0.15) is 5.75 Å². The Labute approximate surface area is 120 Å². The summed E-state index contributed by atoms with van der Waals surface area (Å²) in [6.07, 6.45) is 3.37. The van der Waals surface area contributed by atoms with Crippen LogP contribution in [0.1, 0.15) is 31.7 Å². The molecule has 2 unspecified atom stereocenters. The molecule has 1 aromatic rings. The standard InChI is InChI=1S/C16H24N2O2/c1-12-11-14(9-10-17-12)18-16(19)8-5-13-3-6-15(20-2)7-4-13/h3-4,6-7,12,14,17H,5,8-11H2,1-2H3,(H,18,19). The van der Waals surface area contributed by atoms with Crippen LogP contribution in [-0.2, 0) is 11.2 Å². The van der Waals surface area contributed by atoms with E-state index < -0.39 is 0 Å². The fraction of sp³-hybridized carbons (Fsp3) is 0.562. The van der Waals surface area contributed by atoms with Gasteiger partial charge in [-0.15, -0.1) is 0 Å². The summed E-state index contributed by atoms with van der Waals surface area (Å²) in [4.78, 5) is 12.0. The Bertz CT molecular complexity index is 431. The van der Waals surface area contributed by atoms with E-state index in [1.807, 2.05) is 24.3 Å². The molecule has 1 heterocycles. The average molecular weight is 276 g/mol. The van der Waals surface area contributed by atoms with Gasteiger partial charge in [0, 0.05) is 18.5 Å². The molecule has 2 rings (SSSR count). The molecule has 20 heavy (non-hydrogen) atoms. The maximum absolute atomic E-state index is 12.0. The minimum atomic E-state index is 0.153. The molecule has 0 bridgehead atoms. The van der Waals surface area contributed by atoms with Gasteiger partial charge in [-0.3, -0.25) is 4.79 Å². The van der Waals surface area contributed by atoms with E-state index in [1.165, 1.54) is 5.56 Å². The summed E-state index contributed by atoms with van der Waals surface area (Å²) in [5, 5.41) is 6.53. The van der Waals surface area contributed by atoms with Crippen molar-refractivity contribution >= 4 is 5.91 Å². The monoisotopic (exact) mass is 276 g/mol. The number of nitrogens with one attached hydrogen (secondary N) is 2. The van der Waals surface area contributed by atoms with Gasteiger partial charge in [-0.05, 0) is 50.4 Å². The van der Waals surface area contributed by atoms with Crippen molar-refractivity contribution in [3.05, 3.63) is 29.8 Å². The van der Waals surface area contributed by atoms with E-state index in [2.05, 4.69) is 17.6 Å². The lowest BCUT2D eigenvalue weighted by atomic mass is 10.0. The maximum atomic E-state index is 12.0. The molecule has 4 heteroatoms. The maximum Gasteiger partial charge on any atom is 0.220 e. The summed E-state index contributed by atoms with van der Waals surface area (Å²) < 4.78 is 5.12. The van der Waals surface area contributed by atoms with Crippen LogP contribution >= 0.6 is 0 Å². The van der Waals surface area contributed by atoms with E-state index in [4.69, 9.17) is 4.74 Å². The molecule has 0 aliphatic carbocycles. The zero-order valence-electron chi connectivity index (χ0n) is 12.3. The lowest BCUT2D eigenvalue weighted by molar-refractivity contribution is -0.122. The number of amides is 1. The van der Waals surface area contributed by atoms with Gasteiger partial charge in [0.2, 0.25) is 5.91 Å². The Balaban J connectivity index is 1.73. The van der Waals surface area contributed by atoms with Crippen molar-refractivity contribution in [1.82, 2.24) is 10.6 Å². The third-order valence-electron chi connectivity index (χ3n) is 3.79. The second-order valence-electron chi connectivity index (χ2n) is 5.49. The minimum absolute atomic E-state index is 0.153. The van der Waals surface area contributed by atoms with Gasteiger partial charge in [-0.1, -0.05) is 12.1 Å². The van der Waals surface area contributed by atoms with Crippen molar-refractivity contribution in [2.45, 2.75) is 44.7 Å². The lowest BCUT2D eigenvalue weighted by Gasteiger charge is -2.28. The van der Waals surface area contributed by atoms with Crippen LogP contribution in [0.3, 0.4) is 0 Å². The number of hydrogen-bond acceptors (Lipinski definition) is 3. The van der Waals surface area contributed by atoms with E-state index >= 15 is 0 Å². The van der Waals surface area contributed by atoms with Crippen molar-refractivity contribution in [3.8, 4) is 5.75 Å². The lowest BCUT2D eigenvalue weighted by Crippen LogP contribution is -2.46. The summed E-state index contributed by atoms with van der Waals surface area (Å²) in [5.41, 5.74) is 1.17. The highest BCUT2D eigenvalue weighted by Gasteiger charge is 2.19. The molecule has 0 aromatic heterocycles. The first kappa shape index (κ1) is 14.9. The van der Waals surface area contributed by atoms with Gasteiger partial charge in [0.15, 0.2) is 0 Å². The molecule has 1 aromatic carbocycles. The van der Waals surface area contributed by atoms with E-state index in [9.17, 15) is 4.79 Å². The molecule has 1 aliphatic rings. The molecule has 1 amide bonds. The highest BCUT2D eigenvalue weighted by atomic mass is 16.5. The Hall–Kier alpha value is -1.55. The molecular weight excluding hydrogens is 252 g/mol. The largest absolute Gasteiger partial charge is 0.497 e. The number of benzene rings is 1. The van der Waals surface area contributed by atoms with Gasteiger partial charge in [-0.2, -0.15) is 0 Å². The molecule has 1 aliphatic heterocycles. The Morgan fingerprint density at radius 2 is 2.15 bits per heavy atom. The van der Waals surface area contributed by atoms with E-state index in [-0.39, 0.29) is 5.91 Å². The van der Waals surface area contributed by atoms with Crippen LogP contribution in [0.2, 0.25) is 0 Å². The van der Waals surface area contributed by atoms with Crippen LogP contribution in [0.5, 0.6) is 5.75 Å². The highest BCUT2D eigenvalue weighted by Crippen LogP contribution is 2.13. The van der Waals surface area contributed by atoms with E-state index in [0.29, 0.717) is 18.5 Å². The molecule has 2 N–H and O–H groups in total. The smallest absolute Gasteiger partial charge is 0.220 e. The average Bonchev–Trinajstić information content (AvgIpc) is 2.46. The number of aryl methyl sites for hydroxylation is 1. The number of carbonyl (C=O) groups is 1. The first-order valence-corrected chi connectivity index (χ1v) is 7.33. The topological polar surface area (TPSA) is 50.4 Å². The van der Waals surface area contributed by atoms with Crippen LogP contribution in [0.15, 0.2) is 24.3 Å². The van der Waals surface area contributed by atoms with Gasteiger partial charge in [-0.25, -0.2) is 0 Å². The molecule has 4 nitrogen and oxygen atoms in total. The number of piperidine rings is 1. The summed E-state index contributed by atoms with van der Waals surface area (Å²) >= 11 is 0. The van der Waals surface area contributed by atoms with Crippen LogP contribution in [0.25, 0.3) is 0 Å². The molecule has 2 atom stereocenters. The second kappa shape index (κ2) is 7.29. The molecule has 110 valence electrons. The minimum Gasteiger partial charge on any atom is -0.497 e. The van der Waals surface area contributed by atoms with Crippen LogP contribution in [0, 0.1) is 0 Å². The van der Waals surface area contributed by atoms with Crippen molar-refractivity contribution in [3.63, 3.8) is 0 Å². The fourth-order valence-corrected chi connectivity index (χ4v) is 2.61. The SMILES string of the molecule is COc1ccc(CCC(=O)NC2CCNC(C)C2)cc1. The predicted molar refractivity (Wildman–Crippen MR) is 79.9 cm³/mol. The third kappa shape index (κ3) is 4.53. The summed E-state index contributed by atoms with van der Waals surface area (Å²) in [5.74, 6) is 1.00. The van der Waals surface area contributed by atoms with Gasteiger partial charge in [0.25, 0.3) is 0 Å². The zero-order valence-corrected chi connectivity index (χ0v) is 12.3. The summed E-state index contributed by atoms with van der Waals surface area (Å²) in [6.45, 7) is 3.15. The van der Waals surface area contributed by atoms with Crippen molar-refractivity contribution in [1.29, 1.82) is 0 Å². The number of rotatable bonds is 5. The quantitative estimate of drug-likeness (QED) is 0.863. The Morgan fingerprint density at radius 1 is 1.40 bits per heavy atom. The fourth-order valence-electron chi connectivity index (χ4n) is 2.61. The van der Waals surface area contributed by atoms with E-state index in [0.717, 1.165) is 31.6 Å². The highest BCUT2D eigenvalue weighted by molar-refractivity contribution is 5.76. The molecule has 0 spiro atoms. The molecule has 0 radical (unpaired) electrons. The normalized spacial score (nSPS) is 22.3. The Kier molecular flexibility index (Phi) is 5.41. The van der Waals surface area contributed by atoms with Crippen molar-refractivity contribution in [2.75, 3.05) is 13.7 Å². The van der Waals surface area contributed by atoms with Gasteiger partial charge < -0.3 is 15.4 Å². The summed E-state index contributed by atoms with van der Waals surface area (Å²) in [6, 6.07) is 8.71. The summed E-state index contributed by atoms with van der Waals surface area (Å²) in [7, 11) is 1.66. The predicted octanol–water partition coefficient (Wildman–Crippen LogP) is 1.88. The first-order chi connectivity index (χ1) is 9.67. The molecule has 0 saturated carbocycles. The molecule has 1 saturated heterocycles. The van der Waals surface area contributed by atoms with Crippen LogP contribution in [0.4, 0.5) is 0 Å². The van der Waals surface area contributed by atoms with E-state index in [1.54, 1.807) is 7.11 Å². The van der Waals surface area contributed by atoms with Crippen LogP contribution in [-0.4, -0.2) is 31.6 Å². The van der Waals surface area contributed by atoms with Crippen molar-refractivity contribution in [2.24, 2.45) is 0 Å². The third-order valence-corrected chi connectivity index (χ3v) is 3.79. The number of hydrogen-bond donors (Lipinski definition) is 2. The molecule has 1 fully saturated rings. The molecular formula is C16H24N2O2. The number of carbonyl (C=O) groups excluding carboxylic acids is 1. The number of methoxy groups -OCH3 is 1. The Morgan fingerprint density at radius 3 is 2.80 bits per heavy atom. The number of ether oxygens (including phenoxy) is 1. The van der Waals surface area contributed by atoms with Gasteiger partial charge in [0.05, 0.1) is 7.11 Å².